The number of aryl methyl sites for hydroxylation is 3. The minimum Gasteiger partial charge on any atom is -0.421 e. The molecule has 0 spiro atoms. The van der Waals surface area contributed by atoms with E-state index in [2.05, 4.69) is 46.5 Å². The van der Waals surface area contributed by atoms with Crippen LogP contribution in [-0.2, 0) is 13.5 Å². The van der Waals surface area contributed by atoms with Crippen LogP contribution in [0.5, 0.6) is 11.8 Å². The second-order valence-corrected chi connectivity index (χ2v) is 8.24. The van der Waals surface area contributed by atoms with Gasteiger partial charge in [-0.25, -0.2) is 4.39 Å². The number of ether oxygens (including phenoxy) is 1. The quantitative estimate of drug-likeness (QED) is 0.378. The van der Waals surface area contributed by atoms with Crippen LogP contribution in [0.3, 0.4) is 0 Å². The maximum Gasteiger partial charge on any atom is 0.324 e. The molecule has 34 heavy (non-hydrogen) atoms. The van der Waals surface area contributed by atoms with E-state index in [0.717, 1.165) is 12.0 Å². The van der Waals surface area contributed by atoms with Crippen molar-refractivity contribution in [3.63, 3.8) is 0 Å². The largest absolute Gasteiger partial charge is 0.421 e. The molecule has 1 N–H and O–H groups in total. The highest BCUT2D eigenvalue weighted by molar-refractivity contribution is 5.62. The van der Waals surface area contributed by atoms with E-state index in [0.29, 0.717) is 22.6 Å². The smallest absolute Gasteiger partial charge is 0.324 e. The van der Waals surface area contributed by atoms with Crippen molar-refractivity contribution in [3.05, 3.63) is 99.7 Å². The van der Waals surface area contributed by atoms with E-state index in [9.17, 15) is 9.18 Å². The summed E-state index contributed by atoms with van der Waals surface area (Å²) in [5.74, 6) is 0.110. The van der Waals surface area contributed by atoms with E-state index in [-0.39, 0.29) is 23.4 Å². The first-order chi connectivity index (χ1) is 16.3. The Kier molecular flexibility index (Phi) is 6.72. The van der Waals surface area contributed by atoms with Crippen LogP contribution in [0.2, 0.25) is 0 Å². The zero-order valence-corrected chi connectivity index (χ0v) is 19.7. The highest BCUT2D eigenvalue weighted by Gasteiger charge is 2.15. The lowest BCUT2D eigenvalue weighted by atomic mass is 10.0. The van der Waals surface area contributed by atoms with Crippen LogP contribution in [0, 0.1) is 12.7 Å². The highest BCUT2D eigenvalue weighted by atomic mass is 19.1. The number of aromatic nitrogens is 3. The summed E-state index contributed by atoms with van der Waals surface area (Å²) >= 11 is 0. The van der Waals surface area contributed by atoms with Gasteiger partial charge in [-0.1, -0.05) is 43.3 Å². The number of para-hydroxylation sites is 1. The third-order valence-corrected chi connectivity index (χ3v) is 5.70. The monoisotopic (exact) mass is 458 g/mol. The number of anilines is 1. The molecule has 0 saturated carbocycles. The summed E-state index contributed by atoms with van der Waals surface area (Å²) in [6, 6.07) is 18.0. The molecule has 0 aliphatic rings. The van der Waals surface area contributed by atoms with Crippen LogP contribution < -0.4 is 15.6 Å². The van der Waals surface area contributed by atoms with Gasteiger partial charge in [-0.2, -0.15) is 9.97 Å². The first-order valence-electron chi connectivity index (χ1n) is 11.2. The van der Waals surface area contributed by atoms with Gasteiger partial charge in [-0.15, -0.1) is 0 Å². The predicted octanol–water partition coefficient (Wildman–Crippen LogP) is 5.82. The molecular formula is C27H27FN4O2. The molecule has 4 rings (SSSR count). The van der Waals surface area contributed by atoms with Crippen molar-refractivity contribution in [1.29, 1.82) is 0 Å². The van der Waals surface area contributed by atoms with Crippen molar-refractivity contribution < 1.29 is 9.13 Å². The molecule has 1 atom stereocenters. The van der Waals surface area contributed by atoms with Crippen LogP contribution in [0.25, 0.3) is 11.3 Å². The number of hydrogen-bond acceptors (Lipinski definition) is 5. The lowest BCUT2D eigenvalue weighted by molar-refractivity contribution is 0.409. The normalized spacial score (nSPS) is 11.8. The van der Waals surface area contributed by atoms with E-state index in [4.69, 9.17) is 4.74 Å². The molecular weight excluding hydrogens is 431 g/mol. The van der Waals surface area contributed by atoms with Crippen molar-refractivity contribution in [2.75, 3.05) is 5.32 Å². The molecule has 0 bridgehead atoms. The van der Waals surface area contributed by atoms with Crippen LogP contribution in [0.4, 0.5) is 10.2 Å². The van der Waals surface area contributed by atoms with Gasteiger partial charge in [-0.05, 0) is 49.1 Å². The van der Waals surface area contributed by atoms with E-state index in [1.807, 2.05) is 6.92 Å². The molecule has 0 aliphatic heterocycles. The van der Waals surface area contributed by atoms with Gasteiger partial charge in [0.15, 0.2) is 11.6 Å². The van der Waals surface area contributed by atoms with Crippen LogP contribution >= 0.6 is 0 Å². The van der Waals surface area contributed by atoms with Gasteiger partial charge in [0.2, 0.25) is 5.56 Å². The Morgan fingerprint density at radius 3 is 2.53 bits per heavy atom. The minimum atomic E-state index is -0.491. The number of hydrogen-bond donors (Lipinski definition) is 1. The number of halogens is 1. The van der Waals surface area contributed by atoms with E-state index < -0.39 is 5.82 Å². The average molecular weight is 459 g/mol. The summed E-state index contributed by atoms with van der Waals surface area (Å²) in [6.07, 6.45) is 2.67. The molecule has 0 amide bonds. The fourth-order valence-corrected chi connectivity index (χ4v) is 3.62. The molecule has 2 aromatic carbocycles. The van der Waals surface area contributed by atoms with Crippen molar-refractivity contribution in [3.8, 4) is 23.0 Å². The molecule has 0 aliphatic carbocycles. The minimum absolute atomic E-state index is 0.00980. The molecule has 4 aromatic rings. The third-order valence-electron chi connectivity index (χ3n) is 5.70. The Balaban J connectivity index is 1.72. The number of nitrogens with zero attached hydrogens (tertiary/aromatic N) is 3. The molecule has 6 nitrogen and oxygen atoms in total. The second kappa shape index (κ2) is 9.87. The Morgan fingerprint density at radius 1 is 1.09 bits per heavy atom. The van der Waals surface area contributed by atoms with Crippen molar-refractivity contribution >= 4 is 5.82 Å². The SMILES string of the molecule is CCc1ccc(C(C)Nc2cc(-c3ccc(=O)n(C)c3)nc(Oc3c(C)cccc3F)n2)cc1. The first-order valence-corrected chi connectivity index (χ1v) is 11.2. The standard InChI is InChI=1S/C27H27FN4O2/c1-5-19-9-11-20(12-10-19)18(3)29-24-15-23(21-13-14-25(33)32(4)16-21)30-27(31-24)34-26-17(2)7-6-8-22(26)28/h6-16,18H,5H2,1-4H3,(H,29,30,31). The van der Waals surface area contributed by atoms with Gasteiger partial charge in [0, 0.05) is 37.0 Å². The van der Waals surface area contributed by atoms with Crippen molar-refractivity contribution in [2.45, 2.75) is 33.2 Å². The van der Waals surface area contributed by atoms with Crippen LogP contribution in [0.1, 0.15) is 36.6 Å². The molecule has 0 saturated heterocycles. The molecule has 174 valence electrons. The molecule has 7 heteroatoms. The Morgan fingerprint density at radius 2 is 1.85 bits per heavy atom. The van der Waals surface area contributed by atoms with Crippen LogP contribution in [0.15, 0.2) is 71.7 Å². The number of nitrogens with one attached hydrogen (secondary N) is 1. The third kappa shape index (κ3) is 5.14. The zero-order valence-electron chi connectivity index (χ0n) is 19.7. The zero-order chi connectivity index (χ0) is 24.2. The molecule has 0 fully saturated rings. The lowest BCUT2D eigenvalue weighted by Gasteiger charge is -2.17. The van der Waals surface area contributed by atoms with Crippen molar-refractivity contribution in [1.82, 2.24) is 14.5 Å². The van der Waals surface area contributed by atoms with Gasteiger partial charge < -0.3 is 14.6 Å². The van der Waals surface area contributed by atoms with Crippen molar-refractivity contribution in [2.24, 2.45) is 7.05 Å². The number of pyridine rings is 1. The second-order valence-electron chi connectivity index (χ2n) is 8.24. The summed E-state index contributed by atoms with van der Waals surface area (Å²) in [4.78, 5) is 20.8. The Labute approximate surface area is 198 Å². The summed E-state index contributed by atoms with van der Waals surface area (Å²) < 4.78 is 21.7. The van der Waals surface area contributed by atoms with E-state index in [1.165, 1.54) is 22.3 Å². The molecule has 2 heterocycles. The fourth-order valence-electron chi connectivity index (χ4n) is 3.62. The summed E-state index contributed by atoms with van der Waals surface area (Å²) in [5, 5.41) is 3.39. The van der Waals surface area contributed by atoms with Gasteiger partial charge in [-0.3, -0.25) is 4.79 Å². The summed E-state index contributed by atoms with van der Waals surface area (Å²) in [5.41, 5.74) is 4.14. The topological polar surface area (TPSA) is 69.0 Å². The number of benzene rings is 2. The molecule has 2 aromatic heterocycles. The van der Waals surface area contributed by atoms with Gasteiger partial charge in [0.05, 0.1) is 5.69 Å². The molecule has 0 radical (unpaired) electrons. The van der Waals surface area contributed by atoms with Crippen LogP contribution in [-0.4, -0.2) is 14.5 Å². The van der Waals surface area contributed by atoms with Gasteiger partial charge >= 0.3 is 6.01 Å². The Hall–Kier alpha value is -4.00. The maximum absolute atomic E-state index is 14.4. The molecule has 1 unspecified atom stereocenters. The lowest BCUT2D eigenvalue weighted by Crippen LogP contribution is -2.14. The number of rotatable bonds is 7. The van der Waals surface area contributed by atoms with Gasteiger partial charge in [0.1, 0.15) is 5.82 Å². The highest BCUT2D eigenvalue weighted by Crippen LogP contribution is 2.30. The fraction of sp³-hybridized carbons (Fsp3) is 0.222. The Bertz CT molecular complexity index is 1350. The predicted molar refractivity (Wildman–Crippen MR) is 132 cm³/mol. The average Bonchev–Trinajstić information content (AvgIpc) is 2.83. The van der Waals surface area contributed by atoms with E-state index >= 15 is 0 Å². The van der Waals surface area contributed by atoms with E-state index in [1.54, 1.807) is 44.4 Å². The summed E-state index contributed by atoms with van der Waals surface area (Å²) in [6.45, 7) is 5.92. The first kappa shape index (κ1) is 23.2. The summed E-state index contributed by atoms with van der Waals surface area (Å²) in [7, 11) is 1.67. The van der Waals surface area contributed by atoms with Gasteiger partial charge in [0.25, 0.3) is 0 Å². The maximum atomic E-state index is 14.4.